The molecule has 1 saturated heterocycles. The topological polar surface area (TPSA) is 39.1 Å². The maximum absolute atomic E-state index is 15.2. The molecule has 2 fully saturated rings. The van der Waals surface area contributed by atoms with Crippen LogP contribution in [0.2, 0.25) is 0 Å². The number of nitrogens with one attached hydrogen (secondary N) is 1. The lowest BCUT2D eigenvalue weighted by Crippen LogP contribution is -2.47. The first-order valence-electron chi connectivity index (χ1n) is 9.84. The van der Waals surface area contributed by atoms with Gasteiger partial charge in [0, 0.05) is 38.1 Å². The summed E-state index contributed by atoms with van der Waals surface area (Å²) in [6, 6.07) is 20.8. The summed E-state index contributed by atoms with van der Waals surface area (Å²) < 4.78 is 15.2. The van der Waals surface area contributed by atoms with Gasteiger partial charge in [-0.15, -0.1) is 0 Å². The molecule has 0 spiro atoms. The van der Waals surface area contributed by atoms with Crippen molar-refractivity contribution in [2.24, 2.45) is 0 Å². The molecule has 0 unspecified atom stereocenters. The van der Waals surface area contributed by atoms with Crippen molar-refractivity contribution in [1.82, 2.24) is 10.2 Å². The SMILES string of the molecule is N#Cc1ccc(CN2CCC(F)(CN[C@@H]3C[C@H]3c3ccccc3)CC2)cc1. The lowest BCUT2D eigenvalue weighted by atomic mass is 9.92. The van der Waals surface area contributed by atoms with Crippen LogP contribution in [0.4, 0.5) is 4.39 Å². The van der Waals surface area contributed by atoms with Gasteiger partial charge in [0.25, 0.3) is 0 Å². The van der Waals surface area contributed by atoms with Crippen LogP contribution in [-0.4, -0.2) is 36.2 Å². The Morgan fingerprint density at radius 2 is 1.78 bits per heavy atom. The smallest absolute Gasteiger partial charge is 0.125 e. The molecular weight excluding hydrogens is 337 g/mol. The van der Waals surface area contributed by atoms with Crippen LogP contribution in [0.5, 0.6) is 0 Å². The van der Waals surface area contributed by atoms with Crippen LogP contribution in [0.15, 0.2) is 54.6 Å². The van der Waals surface area contributed by atoms with Gasteiger partial charge in [-0.3, -0.25) is 4.90 Å². The van der Waals surface area contributed by atoms with Gasteiger partial charge in [0.05, 0.1) is 11.6 Å². The summed E-state index contributed by atoms with van der Waals surface area (Å²) in [5, 5.41) is 12.3. The zero-order valence-electron chi connectivity index (χ0n) is 15.6. The molecule has 4 rings (SSSR count). The van der Waals surface area contributed by atoms with E-state index in [0.717, 1.165) is 26.1 Å². The van der Waals surface area contributed by atoms with Gasteiger partial charge >= 0.3 is 0 Å². The minimum absolute atomic E-state index is 0.428. The van der Waals surface area contributed by atoms with Crippen LogP contribution in [0.25, 0.3) is 0 Å². The molecule has 27 heavy (non-hydrogen) atoms. The first kappa shape index (κ1) is 18.2. The highest BCUT2D eigenvalue weighted by molar-refractivity contribution is 5.31. The van der Waals surface area contributed by atoms with E-state index < -0.39 is 5.67 Å². The Morgan fingerprint density at radius 3 is 2.44 bits per heavy atom. The fraction of sp³-hybridized carbons (Fsp3) is 0.435. The Balaban J connectivity index is 1.22. The van der Waals surface area contributed by atoms with Crippen molar-refractivity contribution in [3.05, 3.63) is 71.3 Å². The standard InChI is InChI=1S/C23H26FN3/c24-23(17-26-22-14-21(22)20-4-2-1-3-5-20)10-12-27(13-11-23)16-19-8-6-18(15-25)7-9-19/h1-9,21-22,26H,10-14,16-17H2/t21-,22+/m0/s1. The predicted octanol–water partition coefficient (Wildman–Crippen LogP) is 4.01. The zero-order valence-corrected chi connectivity index (χ0v) is 15.6. The fourth-order valence-corrected chi connectivity index (χ4v) is 4.03. The minimum Gasteiger partial charge on any atom is -0.310 e. The second-order valence-corrected chi connectivity index (χ2v) is 7.98. The molecule has 0 radical (unpaired) electrons. The number of piperidine rings is 1. The molecule has 0 bridgehead atoms. The quantitative estimate of drug-likeness (QED) is 0.843. The van der Waals surface area contributed by atoms with Crippen LogP contribution < -0.4 is 5.32 Å². The molecule has 1 saturated carbocycles. The van der Waals surface area contributed by atoms with Crippen LogP contribution in [-0.2, 0) is 6.54 Å². The van der Waals surface area contributed by atoms with Gasteiger partial charge in [-0.25, -0.2) is 4.39 Å². The van der Waals surface area contributed by atoms with Gasteiger partial charge in [-0.05, 0) is 42.5 Å². The molecule has 2 aliphatic rings. The summed E-state index contributed by atoms with van der Waals surface area (Å²) in [5.41, 5.74) is 2.13. The van der Waals surface area contributed by atoms with Crippen LogP contribution >= 0.6 is 0 Å². The monoisotopic (exact) mass is 363 g/mol. The van der Waals surface area contributed by atoms with E-state index in [-0.39, 0.29) is 0 Å². The molecule has 1 N–H and O–H groups in total. The van der Waals surface area contributed by atoms with Crippen molar-refractivity contribution in [2.75, 3.05) is 19.6 Å². The van der Waals surface area contributed by atoms with E-state index in [1.807, 2.05) is 30.3 Å². The van der Waals surface area contributed by atoms with Crippen molar-refractivity contribution < 1.29 is 4.39 Å². The summed E-state index contributed by atoms with van der Waals surface area (Å²) in [7, 11) is 0. The first-order valence-corrected chi connectivity index (χ1v) is 9.84. The van der Waals surface area contributed by atoms with Gasteiger partial charge in [0.2, 0.25) is 0 Å². The van der Waals surface area contributed by atoms with Crippen molar-refractivity contribution >= 4 is 0 Å². The maximum atomic E-state index is 15.2. The third kappa shape index (κ3) is 4.55. The third-order valence-electron chi connectivity index (χ3n) is 5.94. The normalized spacial score (nSPS) is 24.3. The van der Waals surface area contributed by atoms with Gasteiger partial charge < -0.3 is 5.32 Å². The summed E-state index contributed by atoms with van der Waals surface area (Å²) in [4.78, 5) is 2.31. The second-order valence-electron chi connectivity index (χ2n) is 7.98. The van der Waals surface area contributed by atoms with Crippen molar-refractivity contribution in [1.29, 1.82) is 5.26 Å². The molecule has 0 aromatic heterocycles. The predicted molar refractivity (Wildman–Crippen MR) is 105 cm³/mol. The second kappa shape index (κ2) is 7.80. The molecule has 1 heterocycles. The molecule has 2 aromatic carbocycles. The van der Waals surface area contributed by atoms with E-state index in [1.165, 1.54) is 11.1 Å². The number of hydrogen-bond acceptors (Lipinski definition) is 3. The lowest BCUT2D eigenvalue weighted by Gasteiger charge is -2.36. The summed E-state index contributed by atoms with van der Waals surface area (Å²) in [5.74, 6) is 0.547. The van der Waals surface area contributed by atoms with E-state index >= 15 is 4.39 Å². The van der Waals surface area contributed by atoms with E-state index in [9.17, 15) is 0 Å². The number of nitriles is 1. The molecule has 1 aliphatic carbocycles. The Labute approximate surface area is 160 Å². The molecule has 1 aliphatic heterocycles. The number of rotatable bonds is 6. The molecule has 3 nitrogen and oxygen atoms in total. The molecular formula is C23H26FN3. The number of hydrogen-bond donors (Lipinski definition) is 1. The van der Waals surface area contributed by atoms with Crippen LogP contribution in [0, 0.1) is 11.3 Å². The van der Waals surface area contributed by atoms with Gasteiger partial charge in [0.1, 0.15) is 5.67 Å². The first-order chi connectivity index (χ1) is 13.1. The van der Waals surface area contributed by atoms with Crippen molar-refractivity contribution in [2.45, 2.75) is 43.4 Å². The summed E-state index contributed by atoms with van der Waals surface area (Å²) >= 11 is 0. The van der Waals surface area contributed by atoms with E-state index in [0.29, 0.717) is 36.9 Å². The van der Waals surface area contributed by atoms with E-state index in [1.54, 1.807) is 0 Å². The molecule has 0 amide bonds. The summed E-state index contributed by atoms with van der Waals surface area (Å²) in [6.07, 6.45) is 2.28. The number of nitrogens with zero attached hydrogens (tertiary/aromatic N) is 2. The highest BCUT2D eigenvalue weighted by Gasteiger charge is 2.41. The molecule has 2 atom stereocenters. The van der Waals surface area contributed by atoms with E-state index in [2.05, 4.69) is 40.6 Å². The van der Waals surface area contributed by atoms with Crippen molar-refractivity contribution in [3.8, 4) is 6.07 Å². The van der Waals surface area contributed by atoms with Gasteiger partial charge in [-0.1, -0.05) is 42.5 Å². The number of alkyl halides is 1. The number of likely N-dealkylation sites (tertiary alicyclic amines) is 1. The molecule has 140 valence electrons. The van der Waals surface area contributed by atoms with Gasteiger partial charge in [-0.2, -0.15) is 5.26 Å². The van der Waals surface area contributed by atoms with Crippen molar-refractivity contribution in [3.63, 3.8) is 0 Å². The summed E-state index contributed by atoms with van der Waals surface area (Å²) in [6.45, 7) is 2.86. The molecule has 4 heteroatoms. The zero-order chi connectivity index (χ0) is 18.7. The Bertz CT molecular complexity index is 789. The Hall–Kier alpha value is -2.22. The highest BCUT2D eigenvalue weighted by atomic mass is 19.1. The average Bonchev–Trinajstić information content (AvgIpc) is 3.50. The van der Waals surface area contributed by atoms with Gasteiger partial charge in [0.15, 0.2) is 0 Å². The van der Waals surface area contributed by atoms with E-state index in [4.69, 9.17) is 5.26 Å². The van der Waals surface area contributed by atoms with Crippen LogP contribution in [0.3, 0.4) is 0 Å². The van der Waals surface area contributed by atoms with Crippen LogP contribution in [0.1, 0.15) is 41.9 Å². The third-order valence-corrected chi connectivity index (χ3v) is 5.94. The Morgan fingerprint density at radius 1 is 1.07 bits per heavy atom. The fourth-order valence-electron chi connectivity index (χ4n) is 4.03. The number of benzene rings is 2. The maximum Gasteiger partial charge on any atom is 0.125 e. The highest BCUT2D eigenvalue weighted by Crippen LogP contribution is 2.41. The lowest BCUT2D eigenvalue weighted by molar-refractivity contribution is 0.0544. The molecule has 2 aromatic rings. The largest absolute Gasteiger partial charge is 0.310 e. The minimum atomic E-state index is -1.09. The number of halogens is 1. The Kier molecular flexibility index (Phi) is 5.24. The average molecular weight is 363 g/mol.